The molecule has 2 fully saturated rings. The maximum absolute atomic E-state index is 14.0. The molecule has 0 radical (unpaired) electrons. The molecule has 1 saturated heterocycles. The molecule has 1 aromatic rings. The smallest absolute Gasteiger partial charge is 0.146 e. The van der Waals surface area contributed by atoms with Crippen LogP contribution in [0.2, 0.25) is 0 Å². The van der Waals surface area contributed by atoms with E-state index in [1.54, 1.807) is 6.07 Å². The van der Waals surface area contributed by atoms with Crippen LogP contribution in [0.1, 0.15) is 37.2 Å². The Morgan fingerprint density at radius 1 is 1.12 bits per heavy atom. The zero-order valence-electron chi connectivity index (χ0n) is 10.0. The van der Waals surface area contributed by atoms with Gasteiger partial charge in [0.05, 0.1) is 5.69 Å². The lowest BCUT2D eigenvalue weighted by atomic mass is 10.0. The van der Waals surface area contributed by atoms with Crippen molar-refractivity contribution in [1.29, 1.82) is 0 Å². The molecule has 17 heavy (non-hydrogen) atoms. The van der Waals surface area contributed by atoms with Gasteiger partial charge >= 0.3 is 0 Å². The first kappa shape index (κ1) is 11.0. The molecule has 0 aromatic heterocycles. The topological polar surface area (TPSA) is 29.3 Å². The van der Waals surface area contributed by atoms with Gasteiger partial charge < -0.3 is 10.6 Å². The largest absolute Gasteiger partial charge is 0.369 e. The molecule has 1 aromatic carbocycles. The molecule has 0 spiro atoms. The monoisotopic (exact) mass is 234 g/mol. The van der Waals surface area contributed by atoms with Crippen LogP contribution in [0.3, 0.4) is 0 Å². The van der Waals surface area contributed by atoms with Gasteiger partial charge in [0, 0.05) is 19.1 Å². The van der Waals surface area contributed by atoms with Gasteiger partial charge in [0.25, 0.3) is 0 Å². The molecule has 1 heterocycles. The molecule has 1 aliphatic carbocycles. The van der Waals surface area contributed by atoms with E-state index >= 15 is 0 Å². The third-order valence-corrected chi connectivity index (χ3v) is 3.89. The molecule has 1 aliphatic heterocycles. The number of nitrogens with two attached hydrogens (primary N) is 1. The van der Waals surface area contributed by atoms with E-state index in [0.717, 1.165) is 31.6 Å². The summed E-state index contributed by atoms with van der Waals surface area (Å²) < 4.78 is 14.0. The Hall–Kier alpha value is -1.09. The highest BCUT2D eigenvalue weighted by Crippen LogP contribution is 2.45. The molecule has 0 unspecified atom stereocenters. The van der Waals surface area contributed by atoms with Gasteiger partial charge in [-0.2, -0.15) is 0 Å². The summed E-state index contributed by atoms with van der Waals surface area (Å²) >= 11 is 0. The van der Waals surface area contributed by atoms with Gasteiger partial charge in [-0.1, -0.05) is 12.1 Å². The van der Waals surface area contributed by atoms with Crippen LogP contribution in [-0.2, 0) is 0 Å². The molecular weight excluding hydrogens is 215 g/mol. The van der Waals surface area contributed by atoms with Crippen LogP contribution in [0, 0.1) is 5.82 Å². The summed E-state index contributed by atoms with van der Waals surface area (Å²) in [5.74, 6) is 0.529. The average Bonchev–Trinajstić information content (AvgIpc) is 3.14. The van der Waals surface area contributed by atoms with Crippen molar-refractivity contribution in [2.24, 2.45) is 5.73 Å². The Labute approximate surface area is 102 Å². The minimum Gasteiger partial charge on any atom is -0.369 e. The van der Waals surface area contributed by atoms with Crippen LogP contribution in [0.15, 0.2) is 18.2 Å². The quantitative estimate of drug-likeness (QED) is 0.852. The van der Waals surface area contributed by atoms with Crippen LogP contribution in [0.4, 0.5) is 10.1 Å². The summed E-state index contributed by atoms with van der Waals surface area (Å²) in [6.07, 6.45) is 4.37. The second-order valence-corrected chi connectivity index (χ2v) is 5.28. The number of piperidine rings is 1. The zero-order valence-corrected chi connectivity index (χ0v) is 10.0. The van der Waals surface area contributed by atoms with Crippen molar-refractivity contribution in [2.45, 2.75) is 37.6 Å². The maximum atomic E-state index is 14.0. The van der Waals surface area contributed by atoms with Crippen LogP contribution in [0.25, 0.3) is 0 Å². The molecule has 0 amide bonds. The van der Waals surface area contributed by atoms with Crippen molar-refractivity contribution in [3.63, 3.8) is 0 Å². The molecule has 1 saturated carbocycles. The average molecular weight is 234 g/mol. The summed E-state index contributed by atoms with van der Waals surface area (Å²) in [7, 11) is 0. The second kappa shape index (κ2) is 4.30. The number of halogens is 1. The molecule has 2 nitrogen and oxygen atoms in total. The minimum absolute atomic E-state index is 0.0649. The van der Waals surface area contributed by atoms with Crippen molar-refractivity contribution >= 4 is 5.69 Å². The van der Waals surface area contributed by atoms with Gasteiger partial charge in [-0.05, 0) is 43.2 Å². The second-order valence-electron chi connectivity index (χ2n) is 5.28. The standard InChI is InChI=1S/C14H19FN2/c15-13-3-1-2-12(10-4-5-10)14(13)17-8-6-11(16)7-9-17/h1-3,10-11H,4-9,16H2. The van der Waals surface area contributed by atoms with Gasteiger partial charge in [0.2, 0.25) is 0 Å². The molecule has 2 N–H and O–H groups in total. The number of hydrogen-bond donors (Lipinski definition) is 1. The predicted octanol–water partition coefficient (Wildman–Crippen LogP) is 2.63. The number of hydrogen-bond acceptors (Lipinski definition) is 2. The molecule has 0 bridgehead atoms. The summed E-state index contributed by atoms with van der Waals surface area (Å²) in [6.45, 7) is 1.78. The SMILES string of the molecule is NC1CCN(c2c(F)cccc2C2CC2)CC1. The molecule has 0 atom stereocenters. The normalized spacial score (nSPS) is 21.9. The van der Waals surface area contributed by atoms with Gasteiger partial charge in [-0.25, -0.2) is 4.39 Å². The van der Waals surface area contributed by atoms with E-state index in [4.69, 9.17) is 5.73 Å². The first-order valence-electron chi connectivity index (χ1n) is 6.54. The number of benzene rings is 1. The molecule has 2 aliphatic rings. The molecule has 3 rings (SSSR count). The Morgan fingerprint density at radius 2 is 1.82 bits per heavy atom. The van der Waals surface area contributed by atoms with Gasteiger partial charge in [0.1, 0.15) is 5.82 Å². The van der Waals surface area contributed by atoms with E-state index in [-0.39, 0.29) is 5.82 Å². The van der Waals surface area contributed by atoms with Gasteiger partial charge in [0.15, 0.2) is 0 Å². The van der Waals surface area contributed by atoms with Crippen LogP contribution >= 0.6 is 0 Å². The van der Waals surface area contributed by atoms with Crippen molar-refractivity contribution in [1.82, 2.24) is 0 Å². The van der Waals surface area contributed by atoms with E-state index in [9.17, 15) is 4.39 Å². The maximum Gasteiger partial charge on any atom is 0.146 e. The van der Waals surface area contributed by atoms with Crippen molar-refractivity contribution < 1.29 is 4.39 Å². The fraction of sp³-hybridized carbons (Fsp3) is 0.571. The lowest BCUT2D eigenvalue weighted by Crippen LogP contribution is -2.40. The lowest BCUT2D eigenvalue weighted by molar-refractivity contribution is 0.492. The molecule has 92 valence electrons. The highest BCUT2D eigenvalue weighted by atomic mass is 19.1. The zero-order chi connectivity index (χ0) is 11.8. The van der Waals surface area contributed by atoms with E-state index in [2.05, 4.69) is 11.0 Å². The van der Waals surface area contributed by atoms with Gasteiger partial charge in [-0.15, -0.1) is 0 Å². The van der Waals surface area contributed by atoms with Crippen molar-refractivity contribution in [2.75, 3.05) is 18.0 Å². The molecule has 3 heteroatoms. The lowest BCUT2D eigenvalue weighted by Gasteiger charge is -2.33. The van der Waals surface area contributed by atoms with Crippen LogP contribution in [-0.4, -0.2) is 19.1 Å². The molecular formula is C14H19FN2. The van der Waals surface area contributed by atoms with Crippen LogP contribution < -0.4 is 10.6 Å². The Kier molecular flexibility index (Phi) is 2.79. The fourth-order valence-corrected chi connectivity index (χ4v) is 2.71. The Balaban J connectivity index is 1.90. The summed E-state index contributed by atoms with van der Waals surface area (Å²) in [6, 6.07) is 5.80. The Bertz CT molecular complexity index is 407. The third-order valence-electron chi connectivity index (χ3n) is 3.89. The number of nitrogens with zero attached hydrogens (tertiary/aromatic N) is 1. The predicted molar refractivity (Wildman–Crippen MR) is 67.8 cm³/mol. The number of rotatable bonds is 2. The first-order chi connectivity index (χ1) is 8.25. The fourth-order valence-electron chi connectivity index (χ4n) is 2.71. The van der Waals surface area contributed by atoms with Crippen molar-refractivity contribution in [3.8, 4) is 0 Å². The van der Waals surface area contributed by atoms with E-state index in [0.29, 0.717) is 12.0 Å². The summed E-state index contributed by atoms with van der Waals surface area (Å²) in [5, 5.41) is 0. The van der Waals surface area contributed by atoms with E-state index < -0.39 is 0 Å². The highest BCUT2D eigenvalue weighted by molar-refractivity contribution is 5.57. The third kappa shape index (κ3) is 2.16. The first-order valence-corrected chi connectivity index (χ1v) is 6.54. The van der Waals surface area contributed by atoms with E-state index in [1.807, 2.05) is 6.07 Å². The van der Waals surface area contributed by atoms with E-state index in [1.165, 1.54) is 18.4 Å². The number of para-hydroxylation sites is 1. The van der Waals surface area contributed by atoms with Crippen LogP contribution in [0.5, 0.6) is 0 Å². The summed E-state index contributed by atoms with van der Waals surface area (Å²) in [4.78, 5) is 2.19. The van der Waals surface area contributed by atoms with Crippen molar-refractivity contribution in [3.05, 3.63) is 29.6 Å². The summed E-state index contributed by atoms with van der Waals surface area (Å²) in [5.41, 5.74) is 7.96. The van der Waals surface area contributed by atoms with Gasteiger partial charge in [-0.3, -0.25) is 0 Å². The minimum atomic E-state index is -0.0649. The highest BCUT2D eigenvalue weighted by Gasteiger charge is 2.30. The Morgan fingerprint density at radius 3 is 2.47 bits per heavy atom. The number of anilines is 1.